The van der Waals surface area contributed by atoms with E-state index in [-0.39, 0.29) is 122 Å². The Morgan fingerprint density at radius 1 is 0.403 bits per heavy atom. The molecule has 1 N–H and O–H groups in total. The second-order valence-electron chi connectivity index (χ2n) is 40.1. The number of hydrogen-bond acceptors (Lipinski definition) is 22. The van der Waals surface area contributed by atoms with Crippen molar-refractivity contribution in [3.63, 3.8) is 0 Å². The van der Waals surface area contributed by atoms with Crippen molar-refractivity contribution in [1.82, 2.24) is 86.9 Å². The first-order valence-electron chi connectivity index (χ1n) is 46.5. The third-order valence-electron chi connectivity index (χ3n) is 25.3. The summed E-state index contributed by atoms with van der Waals surface area (Å²) < 4.78 is 52.9. The Kier molecular flexibility index (Phi) is 35.0. The SMILES string of the molecule is C.C.C.CC(C)(C)OC(=O)N1CC=C(B2OC(C)(C)C(C)(C)O2)CC1.CC(C)(C)OC(=O)N1CC=C(c2ccc3nc(Cl)cc(=O)n3c2)CC1.Cl.Cn1ncc2cc(-c3cc(=O)n4cc(C5=CCN(C(=O)OC(C)(C)C)CC5)ccc4n3)ccc21.Cn1ncc2cc(-c3cc(=O)n4cc(C5=CCNCC5)ccc4n3)ccc21.Cn1ncc2cc(B3OC(C)(C)C(C)(C)O3)ccc21.O=c1cc(Cl)nc2ccc(Br)cn12. The Balaban J connectivity index is 0.000000167. The highest BCUT2D eigenvalue weighted by molar-refractivity contribution is 9.10. The van der Waals surface area contributed by atoms with E-state index in [1.807, 2.05) is 241 Å². The van der Waals surface area contributed by atoms with Crippen LogP contribution in [0.2, 0.25) is 10.3 Å². The largest absolute Gasteiger partial charge is 0.494 e. The van der Waals surface area contributed by atoms with Crippen LogP contribution in [0.4, 0.5) is 14.4 Å². The summed E-state index contributed by atoms with van der Waals surface area (Å²) in [4.78, 5) is 108. The minimum absolute atomic E-state index is 0. The van der Waals surface area contributed by atoms with Crippen molar-refractivity contribution in [3.05, 3.63) is 273 Å². The highest BCUT2D eigenvalue weighted by Crippen LogP contribution is 2.41. The average Bonchev–Trinajstić information content (AvgIpc) is 1.66. The van der Waals surface area contributed by atoms with Gasteiger partial charge in [0.15, 0.2) is 0 Å². The van der Waals surface area contributed by atoms with Gasteiger partial charge >= 0.3 is 32.5 Å². The summed E-state index contributed by atoms with van der Waals surface area (Å²) in [7, 11) is 5.13. The van der Waals surface area contributed by atoms with Crippen LogP contribution in [0.1, 0.15) is 182 Å². The highest BCUT2D eigenvalue weighted by atomic mass is 79.9. The Morgan fingerprint density at radius 3 is 1.10 bits per heavy atom. The van der Waals surface area contributed by atoms with Crippen LogP contribution in [0.15, 0.2) is 224 Å². The second-order valence-corrected chi connectivity index (χ2v) is 41.8. The third-order valence-corrected chi connectivity index (χ3v) is 26.1. The van der Waals surface area contributed by atoms with Gasteiger partial charge in [-0.25, -0.2) is 34.3 Å². The van der Waals surface area contributed by atoms with Crippen LogP contribution in [-0.4, -0.2) is 206 Å². The van der Waals surface area contributed by atoms with Crippen molar-refractivity contribution < 1.29 is 47.2 Å². The molecule has 0 spiro atoms. The van der Waals surface area contributed by atoms with Crippen LogP contribution in [-0.2, 0) is 54.0 Å². The van der Waals surface area contributed by atoms with Crippen molar-refractivity contribution in [3.8, 4) is 22.5 Å². The number of fused-ring (bicyclic) bond motifs is 7. The van der Waals surface area contributed by atoms with Crippen molar-refractivity contribution in [2.45, 2.75) is 205 Å². The molecule has 0 atom stereocenters. The van der Waals surface area contributed by atoms with Crippen molar-refractivity contribution in [2.75, 3.05) is 52.4 Å². The predicted octanol–water partition coefficient (Wildman–Crippen LogP) is 19.8. The molecular weight excluding hydrogens is 1960 g/mol. The molecule has 38 heteroatoms. The Labute approximate surface area is 864 Å². The molecule has 20 rings (SSSR count). The van der Waals surface area contributed by atoms with Crippen LogP contribution in [0.3, 0.4) is 0 Å². The molecule has 6 aliphatic rings. The van der Waals surface area contributed by atoms with E-state index in [1.54, 1.807) is 72.4 Å². The first-order valence-corrected chi connectivity index (χ1v) is 48.0. The zero-order chi connectivity index (χ0) is 101. The molecule has 17 heterocycles. The lowest BCUT2D eigenvalue weighted by Crippen LogP contribution is -2.41. The summed E-state index contributed by atoms with van der Waals surface area (Å²) in [6, 6.07) is 38.9. The van der Waals surface area contributed by atoms with E-state index >= 15 is 0 Å². The van der Waals surface area contributed by atoms with E-state index in [1.165, 1.54) is 26.5 Å². The van der Waals surface area contributed by atoms with Crippen LogP contribution in [0.5, 0.6) is 0 Å². The number of nitrogens with zero attached hydrogens (tertiary/aromatic N) is 17. The van der Waals surface area contributed by atoms with Gasteiger partial charge in [0, 0.05) is 148 Å². The molecule has 14 aromatic rings. The molecule has 3 aromatic carbocycles. The monoisotopic (exact) mass is 2080 g/mol. The lowest BCUT2D eigenvalue weighted by Gasteiger charge is -2.32. The quantitative estimate of drug-likeness (QED) is 0.0880. The highest BCUT2D eigenvalue weighted by Gasteiger charge is 2.54. The molecule has 0 radical (unpaired) electrons. The van der Waals surface area contributed by atoms with Gasteiger partial charge in [0.05, 0.1) is 68.9 Å². The second kappa shape index (κ2) is 45.1. The number of rotatable bonds is 7. The standard InChI is InChI=1S/C26H27N5O3.C21H19N5O.C18H20ClN3O3.C16H28BNO4.C14H19BN2O2.C8H4BrClN2O.3CH4.ClH/c1-26(2,3)34-25(33)30-11-9-17(10-12-30)19-6-8-23-28-21(14-24(32)31(23)16-19)18-5-7-22-20(13-18)15-27-29(22)4;1-25-19-4-2-15(10-17(19)12-23-25)18-11-21(27)26-13-16(3-5-20(26)24-18)14-6-8-22-9-7-14;1-18(2,3)25-17(24)21-8-6-12(7-9-21)13-4-5-15-20-14(19)10-16(23)22(15)11-13;1-14(2,3)20-13(19)18-10-8-12(9-11-18)17-21-15(4,5)16(6,7)22-17;1-13(2)14(3,4)19-15(18-13)11-6-7-12-10(8-11)9-16-17(12)5;9-5-1-2-7-11-6(10)3-8(13)12(7)4-5;;;;/h5-9,13-16H,10-12H2,1-4H3;2-6,10-13,22H,7-9H2,1H3;4-6,10-11H,7-9H2,1-3H3;8H,9-11H2,1-7H3;6-9H,1-5H3;1-4H;3*1H4;1H. The van der Waals surface area contributed by atoms with E-state index in [0.717, 1.165) is 113 Å². The molecular formula is C106H130B2BrCl3N18O14. The summed E-state index contributed by atoms with van der Waals surface area (Å²) in [6.45, 7) is 38.3. The number of benzene rings is 3. The lowest BCUT2D eigenvalue weighted by molar-refractivity contribution is 0.00578. The number of amides is 3. The normalized spacial score (nSPS) is 16.3. The van der Waals surface area contributed by atoms with E-state index in [4.69, 9.17) is 66.0 Å². The van der Waals surface area contributed by atoms with Crippen LogP contribution < -0.4 is 33.0 Å². The first-order chi connectivity index (χ1) is 66.0. The summed E-state index contributed by atoms with van der Waals surface area (Å²) in [5.41, 5.74) is 13.8. The van der Waals surface area contributed by atoms with Crippen LogP contribution in [0.25, 0.3) is 94.5 Å². The molecule has 0 bridgehead atoms. The molecule has 0 saturated carbocycles. The molecule has 0 unspecified atom stereocenters. The maximum Gasteiger partial charge on any atom is 0.494 e. The predicted molar refractivity (Wildman–Crippen MR) is 580 cm³/mol. The summed E-state index contributed by atoms with van der Waals surface area (Å²) in [5.74, 6) is 0. The molecule has 6 aliphatic heterocycles. The number of hydrogen-bond donors (Lipinski definition) is 1. The number of carbonyl (C=O) groups excluding carboxylic acids is 3. The number of pyridine rings is 4. The van der Waals surface area contributed by atoms with Crippen molar-refractivity contribution >= 4 is 162 Å². The van der Waals surface area contributed by atoms with Crippen LogP contribution >= 0.6 is 51.5 Å². The summed E-state index contributed by atoms with van der Waals surface area (Å²) >= 11 is 14.7. The molecule has 762 valence electrons. The van der Waals surface area contributed by atoms with Gasteiger partial charge in [0.1, 0.15) is 49.7 Å². The summed E-state index contributed by atoms with van der Waals surface area (Å²) in [5, 5.41) is 19.7. The van der Waals surface area contributed by atoms with Crippen molar-refractivity contribution in [2.24, 2.45) is 21.1 Å². The van der Waals surface area contributed by atoms with E-state index < -0.39 is 16.8 Å². The minimum atomic E-state index is -0.518. The van der Waals surface area contributed by atoms with E-state index in [2.05, 4.69) is 92.4 Å². The number of carbonyl (C=O) groups is 3. The molecule has 3 amide bonds. The Bertz CT molecular complexity index is 7500. The van der Waals surface area contributed by atoms with Gasteiger partial charge in [-0.2, -0.15) is 15.3 Å². The maximum absolute atomic E-state index is 13.0. The fourth-order valence-corrected chi connectivity index (χ4v) is 17.0. The zero-order valence-corrected chi connectivity index (χ0v) is 86.9. The molecule has 0 aliphatic carbocycles. The number of nitrogens with one attached hydrogen (secondary N) is 1. The molecule has 2 fully saturated rings. The third kappa shape index (κ3) is 26.4. The Morgan fingerprint density at radius 2 is 0.736 bits per heavy atom. The number of aryl methyl sites for hydroxylation is 3. The number of halogens is 4. The van der Waals surface area contributed by atoms with Gasteiger partial charge in [-0.15, -0.1) is 12.4 Å². The molecule has 32 nitrogen and oxygen atoms in total. The molecule has 11 aromatic heterocycles. The van der Waals surface area contributed by atoms with Crippen molar-refractivity contribution in [1.29, 1.82) is 0 Å². The average molecular weight is 2090 g/mol. The van der Waals surface area contributed by atoms with E-state index in [0.29, 0.717) is 86.1 Å². The van der Waals surface area contributed by atoms with Gasteiger partial charge in [0.25, 0.3) is 22.2 Å². The number of aromatic nitrogens is 14. The molecule has 2 saturated heterocycles. The first kappa shape index (κ1) is 112. The van der Waals surface area contributed by atoms with Gasteiger partial charge in [-0.3, -0.25) is 50.8 Å². The summed E-state index contributed by atoms with van der Waals surface area (Å²) in [6.07, 6.45) is 23.1. The Hall–Kier alpha value is -12.4. The maximum atomic E-state index is 13.0. The number of ether oxygens (including phenoxy) is 3. The fraction of sp³-hybridized carbons (Fsp3) is 0.396. The van der Waals surface area contributed by atoms with Crippen LogP contribution in [0, 0.1) is 0 Å². The lowest BCUT2D eigenvalue weighted by atomic mass is 9.75. The molecule has 144 heavy (non-hydrogen) atoms. The fourth-order valence-electron chi connectivity index (χ4n) is 16.3. The van der Waals surface area contributed by atoms with Gasteiger partial charge < -0.3 is 52.8 Å². The topological polar surface area (TPSA) is 329 Å². The zero-order valence-electron chi connectivity index (χ0n) is 83.0. The van der Waals surface area contributed by atoms with E-state index in [9.17, 15) is 33.6 Å². The van der Waals surface area contributed by atoms with Gasteiger partial charge in [-0.05, 0) is 289 Å². The van der Waals surface area contributed by atoms with Gasteiger partial charge in [-0.1, -0.05) is 94.1 Å². The minimum Gasteiger partial charge on any atom is -0.444 e. The smallest absolute Gasteiger partial charge is 0.444 e. The van der Waals surface area contributed by atoms with Gasteiger partial charge in [0.2, 0.25) is 0 Å².